The van der Waals surface area contributed by atoms with Crippen molar-refractivity contribution in [2.45, 2.75) is 19.6 Å². The van der Waals surface area contributed by atoms with Crippen LogP contribution in [-0.2, 0) is 53.0 Å². The zero-order chi connectivity index (χ0) is 51.0. The van der Waals surface area contributed by atoms with Crippen molar-refractivity contribution in [3.8, 4) is 5.75 Å². The highest BCUT2D eigenvalue weighted by Gasteiger charge is 2.27. The van der Waals surface area contributed by atoms with Crippen molar-refractivity contribution in [3.05, 3.63) is 102 Å². The zero-order valence-electron chi connectivity index (χ0n) is 34.5. The van der Waals surface area contributed by atoms with E-state index in [9.17, 15) is 44.3 Å². The Hall–Kier alpha value is -6.47. The summed E-state index contributed by atoms with van der Waals surface area (Å²) >= 11 is 6.33. The second-order valence-electron chi connectivity index (χ2n) is 13.5. The molecule has 0 radical (unpaired) electrons. The predicted octanol–water partition coefficient (Wildman–Crippen LogP) is 9.14. The van der Waals surface area contributed by atoms with Crippen molar-refractivity contribution in [2.24, 2.45) is 30.7 Å². The first-order chi connectivity index (χ1) is 33.1. The minimum Gasteiger partial charge on any atom is -0.505 e. The number of anilines is 4. The van der Waals surface area contributed by atoms with Crippen molar-refractivity contribution >= 4 is 140 Å². The lowest BCUT2D eigenvalue weighted by molar-refractivity contribution is -0.434. The van der Waals surface area contributed by atoms with E-state index in [1.165, 1.54) is 36.4 Å². The van der Waals surface area contributed by atoms with Crippen LogP contribution < -0.4 is 22.5 Å². The Morgan fingerprint density at radius 3 is 1.94 bits per heavy atom. The van der Waals surface area contributed by atoms with Crippen LogP contribution in [0.15, 0.2) is 141 Å². The van der Waals surface area contributed by atoms with E-state index >= 15 is 0 Å². The highest BCUT2D eigenvalue weighted by atomic mass is 35.5. The monoisotopic (exact) mass is 1080 g/mol. The first-order valence-corrected chi connectivity index (χ1v) is 24.9. The normalized spacial score (nSPS) is 12.5. The molecule has 0 fully saturated rings. The van der Waals surface area contributed by atoms with Gasteiger partial charge in [-0.05, 0) is 96.4 Å². The third-order valence-electron chi connectivity index (χ3n) is 9.05. The standard InChI is InChI=1S/C37H31ClN10O17S5/c38-24-16-28(26(40)17-25(24)39)46-43-22-7-5-20(6-8-22)42-37(50)18-1-3-21(4-2-18)44-48-35-31(70(58,59)60)14-19-13-29(66-64-62-51)34(33(41)32(19)36(35)49)47-45-27-10-9-23(15-30(27)69(55,56)57)68(53,54)12-11-61-67-65-63-52/h1-10,13-17,49,51-52H,11-12,39-41H2,(H,42,50)(H,55,56,57)(H,58,59,60)/b46-43+,47-45+,48-44+. The Bertz CT molecular complexity index is 3410. The van der Waals surface area contributed by atoms with E-state index in [-0.39, 0.29) is 62.3 Å². The molecule has 70 heavy (non-hydrogen) atoms. The molecule has 0 bridgehead atoms. The van der Waals surface area contributed by atoms with Gasteiger partial charge in [-0.2, -0.15) is 27.1 Å². The van der Waals surface area contributed by atoms with Crippen LogP contribution in [0.25, 0.3) is 10.8 Å². The van der Waals surface area contributed by atoms with Crippen molar-refractivity contribution in [2.75, 3.05) is 34.9 Å². The summed E-state index contributed by atoms with van der Waals surface area (Å²) in [6.45, 7) is -0.536. The number of benzene rings is 6. The van der Waals surface area contributed by atoms with Crippen molar-refractivity contribution < 1.29 is 77.7 Å². The topological polar surface area (TPSA) is 431 Å². The number of phenolic OH excluding ortho intramolecular Hbond substituents is 1. The molecule has 0 saturated heterocycles. The lowest BCUT2D eigenvalue weighted by Gasteiger charge is -2.14. The summed E-state index contributed by atoms with van der Waals surface area (Å²) in [5, 5.41) is 61.5. The van der Waals surface area contributed by atoms with Crippen LogP contribution >= 0.6 is 36.0 Å². The van der Waals surface area contributed by atoms with Crippen molar-refractivity contribution in [1.29, 1.82) is 0 Å². The number of hydrogen-bond acceptors (Lipinski definition) is 26. The minimum atomic E-state index is -5.22. The Balaban J connectivity index is 1.28. The number of carbonyl (C=O) groups excluding carboxylic acids is 1. The smallest absolute Gasteiger partial charge is 0.296 e. The quantitative estimate of drug-likeness (QED) is 0.00654. The summed E-state index contributed by atoms with van der Waals surface area (Å²) in [4.78, 5) is 10.2. The maximum atomic E-state index is 13.1. The van der Waals surface area contributed by atoms with Crippen molar-refractivity contribution in [1.82, 2.24) is 0 Å². The molecular formula is C37H31ClN10O17S5. The predicted molar refractivity (Wildman–Crippen MR) is 251 cm³/mol. The van der Waals surface area contributed by atoms with Gasteiger partial charge in [-0.25, -0.2) is 18.9 Å². The number of amides is 1. The van der Waals surface area contributed by atoms with Gasteiger partial charge in [0.25, 0.3) is 26.1 Å². The average molecular weight is 1080 g/mol. The lowest BCUT2D eigenvalue weighted by Crippen LogP contribution is -2.12. The molecule has 1 amide bonds. The molecule has 27 nitrogen and oxygen atoms in total. The number of carbonyl (C=O) groups is 1. The van der Waals surface area contributed by atoms with Gasteiger partial charge in [0.05, 0.1) is 73.0 Å². The Morgan fingerprint density at radius 2 is 1.30 bits per heavy atom. The summed E-state index contributed by atoms with van der Waals surface area (Å²) in [6, 6.07) is 18.8. The molecule has 0 atom stereocenters. The maximum absolute atomic E-state index is 13.1. The molecule has 368 valence electrons. The SMILES string of the molecule is Nc1cc(N)c(/N=N/c2ccc(NC(=O)c3ccc(/N=N/c4c(S(=O)(=O)O)cc5cc(SOOO)c(/N=N/c6ccc(S(=O)(=O)CCOSOOO)cc6S(=O)(=O)O)c(N)c5c4O)cc3)cc2)cc1Cl. The van der Waals surface area contributed by atoms with Gasteiger partial charge in [-0.1, -0.05) is 21.7 Å². The lowest BCUT2D eigenvalue weighted by atomic mass is 10.1. The number of nitrogen functional groups attached to an aromatic ring is 3. The average Bonchev–Trinajstić information content (AvgIpc) is 3.30. The molecule has 0 spiro atoms. The molecule has 0 aliphatic heterocycles. The van der Waals surface area contributed by atoms with Gasteiger partial charge in [0.15, 0.2) is 27.9 Å². The fourth-order valence-electron chi connectivity index (χ4n) is 5.83. The number of hydrogen-bond donors (Lipinski definition) is 9. The van der Waals surface area contributed by atoms with Gasteiger partial charge >= 0.3 is 0 Å². The molecule has 33 heteroatoms. The number of sulfone groups is 1. The molecule has 12 N–H and O–H groups in total. The zero-order valence-corrected chi connectivity index (χ0v) is 39.4. The molecule has 6 aromatic carbocycles. The first-order valence-electron chi connectivity index (χ1n) is 18.6. The molecule has 0 heterocycles. The Kier molecular flexibility index (Phi) is 17.0. The molecular weight excluding hydrogens is 1050 g/mol. The van der Waals surface area contributed by atoms with Gasteiger partial charge in [0.1, 0.15) is 32.5 Å². The number of azo groups is 3. The van der Waals surface area contributed by atoms with E-state index in [0.29, 0.717) is 23.1 Å². The Labute approximate surface area is 407 Å². The molecule has 0 aliphatic carbocycles. The largest absolute Gasteiger partial charge is 0.505 e. The second-order valence-corrected chi connectivity index (χ2v) is 20.1. The van der Waals surface area contributed by atoms with E-state index in [4.69, 9.17) is 43.5 Å². The minimum absolute atomic E-state index is 0.0222. The summed E-state index contributed by atoms with van der Waals surface area (Å²) in [5.41, 5.74) is 17.4. The number of nitrogens with two attached hydrogens (primary N) is 3. The number of phenols is 1. The number of nitrogens with zero attached hydrogens (tertiary/aromatic N) is 6. The first kappa shape index (κ1) is 52.9. The summed E-state index contributed by atoms with van der Waals surface area (Å²) in [5.74, 6) is -2.28. The fraction of sp³-hybridized carbons (Fsp3) is 0.0541. The third-order valence-corrected chi connectivity index (χ3v) is 13.8. The number of halogens is 1. The third kappa shape index (κ3) is 13.0. The van der Waals surface area contributed by atoms with E-state index < -0.39 is 96.9 Å². The molecule has 0 unspecified atom stereocenters. The molecule has 0 saturated carbocycles. The summed E-state index contributed by atoms with van der Waals surface area (Å²) in [6.07, 6.45) is 0. The van der Waals surface area contributed by atoms with E-state index in [1.807, 2.05) is 0 Å². The van der Waals surface area contributed by atoms with Crippen LogP contribution in [0.4, 0.5) is 56.9 Å². The molecule has 6 rings (SSSR count). The van der Waals surface area contributed by atoms with Gasteiger partial charge in [-0.15, -0.1) is 29.1 Å². The molecule has 6 aromatic rings. The molecule has 0 aliphatic rings. The van der Waals surface area contributed by atoms with Gasteiger partial charge in [0.2, 0.25) is 0 Å². The van der Waals surface area contributed by atoms with Crippen LogP contribution in [0.5, 0.6) is 5.75 Å². The Morgan fingerprint density at radius 1 is 0.686 bits per heavy atom. The van der Waals surface area contributed by atoms with E-state index in [0.717, 1.165) is 24.3 Å². The number of aromatic hydroxyl groups is 1. The number of fused-ring (bicyclic) bond motifs is 1. The van der Waals surface area contributed by atoms with Crippen LogP contribution in [0.3, 0.4) is 0 Å². The molecule has 0 aromatic heterocycles. The highest BCUT2D eigenvalue weighted by molar-refractivity contribution is 7.94. The van der Waals surface area contributed by atoms with Gasteiger partial charge in [-0.3, -0.25) is 18.1 Å². The van der Waals surface area contributed by atoms with Crippen LogP contribution in [0.2, 0.25) is 5.02 Å². The van der Waals surface area contributed by atoms with Crippen LogP contribution in [-0.4, -0.2) is 68.2 Å². The van der Waals surface area contributed by atoms with Gasteiger partial charge < -0.3 is 27.6 Å². The van der Waals surface area contributed by atoms with E-state index in [1.54, 1.807) is 24.3 Å². The van der Waals surface area contributed by atoms with E-state index in [2.05, 4.69) is 54.7 Å². The maximum Gasteiger partial charge on any atom is 0.296 e. The van der Waals surface area contributed by atoms with Gasteiger partial charge in [0, 0.05) is 11.3 Å². The summed E-state index contributed by atoms with van der Waals surface area (Å²) in [7, 11) is -14.7. The van der Waals surface area contributed by atoms with Crippen LogP contribution in [0.1, 0.15) is 10.4 Å². The summed E-state index contributed by atoms with van der Waals surface area (Å²) < 4.78 is 109. The second kappa shape index (κ2) is 22.5. The number of nitrogens with one attached hydrogen (secondary N) is 1. The van der Waals surface area contributed by atoms with Crippen LogP contribution in [0, 0.1) is 0 Å². The van der Waals surface area contributed by atoms with Crippen molar-refractivity contribution in [3.63, 3.8) is 0 Å². The highest BCUT2D eigenvalue weighted by Crippen LogP contribution is 2.49. The fourth-order valence-corrected chi connectivity index (χ4v) is 9.31. The number of rotatable bonds is 20.